The number of piperazine rings is 1. The summed E-state index contributed by atoms with van der Waals surface area (Å²) >= 11 is 11.3. The van der Waals surface area contributed by atoms with Gasteiger partial charge >= 0.3 is 0 Å². The lowest BCUT2D eigenvalue weighted by Crippen LogP contribution is -2.49. The maximum absolute atomic E-state index is 13.3. The summed E-state index contributed by atoms with van der Waals surface area (Å²) in [5, 5.41) is 14.7. The van der Waals surface area contributed by atoms with E-state index in [2.05, 4.69) is 10.2 Å². The molecule has 1 aliphatic rings. The van der Waals surface area contributed by atoms with E-state index in [9.17, 15) is 14.5 Å². The van der Waals surface area contributed by atoms with Crippen LogP contribution in [0.2, 0.25) is 5.02 Å². The third-order valence-corrected chi connectivity index (χ3v) is 5.34. The van der Waals surface area contributed by atoms with E-state index in [-0.39, 0.29) is 10.7 Å². The Hall–Kier alpha value is -2.49. The van der Waals surface area contributed by atoms with E-state index >= 15 is 0 Å². The van der Waals surface area contributed by atoms with Crippen LogP contribution in [0.5, 0.6) is 5.75 Å². The lowest BCUT2D eigenvalue weighted by atomic mass is 10.2. The zero-order valence-electron chi connectivity index (χ0n) is 15.7. The van der Waals surface area contributed by atoms with Gasteiger partial charge in [-0.3, -0.25) is 15.0 Å². The quantitative estimate of drug-likeness (QED) is 0.431. The van der Waals surface area contributed by atoms with E-state index in [0.717, 1.165) is 31.7 Å². The molecule has 0 aliphatic carbocycles. The molecule has 1 saturated heterocycles. The standard InChI is InChI=1S/C19H20ClFN4O3S/c1-28-18-11-14(25(26)27)3-5-17(18)22-19(29)24-8-6-23(7-9-24)12-13-2-4-16(21)15(20)10-13/h2-5,10-11H,6-9,12H2,1H3,(H,22,29). The normalized spacial score (nSPS) is 14.5. The maximum atomic E-state index is 13.3. The first-order valence-electron chi connectivity index (χ1n) is 8.92. The Morgan fingerprint density at radius 1 is 1.28 bits per heavy atom. The fourth-order valence-corrected chi connectivity index (χ4v) is 3.59. The smallest absolute Gasteiger partial charge is 0.273 e. The van der Waals surface area contributed by atoms with Gasteiger partial charge in [-0.05, 0) is 36.0 Å². The number of anilines is 1. The minimum atomic E-state index is -0.474. The van der Waals surface area contributed by atoms with Gasteiger partial charge in [0.05, 0.1) is 28.8 Å². The van der Waals surface area contributed by atoms with E-state index in [4.69, 9.17) is 28.6 Å². The summed E-state index contributed by atoms with van der Waals surface area (Å²) in [6.45, 7) is 3.69. The summed E-state index contributed by atoms with van der Waals surface area (Å²) in [5.41, 5.74) is 1.49. The summed E-state index contributed by atoms with van der Waals surface area (Å²) in [6, 6.07) is 9.11. The molecule has 2 aromatic rings. The van der Waals surface area contributed by atoms with Gasteiger partial charge in [0.2, 0.25) is 0 Å². The number of rotatable bonds is 5. The number of nitrogens with one attached hydrogen (secondary N) is 1. The molecule has 0 saturated carbocycles. The molecule has 10 heteroatoms. The molecule has 2 aromatic carbocycles. The zero-order valence-corrected chi connectivity index (χ0v) is 17.3. The van der Waals surface area contributed by atoms with Crippen LogP contribution in [0, 0.1) is 15.9 Å². The monoisotopic (exact) mass is 438 g/mol. The summed E-state index contributed by atoms with van der Waals surface area (Å²) in [6.07, 6.45) is 0. The highest BCUT2D eigenvalue weighted by Gasteiger charge is 2.20. The average molecular weight is 439 g/mol. The number of benzene rings is 2. The molecule has 0 bridgehead atoms. The van der Waals surface area contributed by atoms with Crippen molar-refractivity contribution in [2.24, 2.45) is 0 Å². The van der Waals surface area contributed by atoms with Crippen molar-refractivity contribution in [3.8, 4) is 5.75 Å². The molecule has 1 fully saturated rings. The van der Waals surface area contributed by atoms with Gasteiger partial charge < -0.3 is 15.0 Å². The Bertz CT molecular complexity index is 922. The Labute approximate surface area is 178 Å². The van der Waals surface area contributed by atoms with Crippen molar-refractivity contribution in [3.63, 3.8) is 0 Å². The molecule has 154 valence electrons. The third kappa shape index (κ3) is 5.31. The summed E-state index contributed by atoms with van der Waals surface area (Å²) < 4.78 is 18.5. The van der Waals surface area contributed by atoms with Crippen LogP contribution >= 0.6 is 23.8 Å². The highest BCUT2D eigenvalue weighted by Crippen LogP contribution is 2.29. The molecule has 1 N–H and O–H groups in total. The number of hydrogen-bond acceptors (Lipinski definition) is 5. The minimum Gasteiger partial charge on any atom is -0.494 e. The Balaban J connectivity index is 1.56. The molecule has 0 amide bonds. The van der Waals surface area contributed by atoms with Gasteiger partial charge in [0, 0.05) is 38.8 Å². The van der Waals surface area contributed by atoms with Crippen molar-refractivity contribution in [1.82, 2.24) is 9.80 Å². The molecule has 1 heterocycles. The van der Waals surface area contributed by atoms with Gasteiger partial charge in [-0.2, -0.15) is 0 Å². The van der Waals surface area contributed by atoms with E-state index in [1.165, 1.54) is 25.3 Å². The molecule has 0 aromatic heterocycles. The first-order valence-corrected chi connectivity index (χ1v) is 9.70. The number of thiocarbonyl (C=S) groups is 1. The predicted molar refractivity (Wildman–Crippen MR) is 114 cm³/mol. The number of halogens is 2. The van der Waals surface area contributed by atoms with Crippen molar-refractivity contribution < 1.29 is 14.1 Å². The van der Waals surface area contributed by atoms with E-state index in [1.54, 1.807) is 18.2 Å². The van der Waals surface area contributed by atoms with Gasteiger partial charge in [0.1, 0.15) is 11.6 Å². The number of hydrogen-bond donors (Lipinski definition) is 1. The van der Waals surface area contributed by atoms with Crippen LogP contribution in [0.25, 0.3) is 0 Å². The van der Waals surface area contributed by atoms with Crippen molar-refractivity contribution in [3.05, 3.63) is 62.9 Å². The Morgan fingerprint density at radius 2 is 2.00 bits per heavy atom. The second kappa shape index (κ2) is 9.34. The lowest BCUT2D eigenvalue weighted by Gasteiger charge is -2.36. The van der Waals surface area contributed by atoms with E-state index < -0.39 is 10.7 Å². The SMILES string of the molecule is COc1cc([N+](=O)[O-])ccc1NC(=S)N1CCN(Cc2ccc(F)c(Cl)c2)CC1. The van der Waals surface area contributed by atoms with Crippen molar-refractivity contribution in [2.75, 3.05) is 38.6 Å². The van der Waals surface area contributed by atoms with Gasteiger partial charge in [0.15, 0.2) is 5.11 Å². The van der Waals surface area contributed by atoms with Crippen molar-refractivity contribution in [1.29, 1.82) is 0 Å². The van der Waals surface area contributed by atoms with Crippen molar-refractivity contribution in [2.45, 2.75) is 6.54 Å². The fourth-order valence-electron chi connectivity index (χ4n) is 3.10. The van der Waals surface area contributed by atoms with Crippen LogP contribution < -0.4 is 10.1 Å². The Kier molecular flexibility index (Phi) is 6.83. The number of ether oxygens (including phenoxy) is 1. The van der Waals surface area contributed by atoms with Gasteiger partial charge in [0.25, 0.3) is 5.69 Å². The van der Waals surface area contributed by atoms with Gasteiger partial charge in [-0.15, -0.1) is 0 Å². The number of non-ortho nitro benzene ring substituents is 1. The minimum absolute atomic E-state index is 0.0483. The molecule has 0 atom stereocenters. The molecule has 29 heavy (non-hydrogen) atoms. The Morgan fingerprint density at radius 3 is 2.62 bits per heavy atom. The first-order chi connectivity index (χ1) is 13.9. The highest BCUT2D eigenvalue weighted by atomic mass is 35.5. The predicted octanol–water partition coefficient (Wildman–Crippen LogP) is 3.91. The van der Waals surface area contributed by atoms with Crippen LogP contribution in [0.1, 0.15) is 5.56 Å². The zero-order chi connectivity index (χ0) is 21.0. The lowest BCUT2D eigenvalue weighted by molar-refractivity contribution is -0.384. The van der Waals surface area contributed by atoms with Crippen molar-refractivity contribution >= 4 is 40.3 Å². The van der Waals surface area contributed by atoms with Crippen LogP contribution in [-0.4, -0.2) is 53.1 Å². The number of methoxy groups -OCH3 is 1. The van der Waals surface area contributed by atoms with Crippen LogP contribution in [0.4, 0.5) is 15.8 Å². The molecular weight excluding hydrogens is 419 g/mol. The molecule has 7 nitrogen and oxygen atoms in total. The average Bonchev–Trinajstić information content (AvgIpc) is 2.71. The number of nitrogens with zero attached hydrogens (tertiary/aromatic N) is 3. The molecule has 1 aliphatic heterocycles. The molecule has 0 radical (unpaired) electrons. The summed E-state index contributed by atoms with van der Waals surface area (Å²) in [5.74, 6) is -0.0632. The topological polar surface area (TPSA) is 70.9 Å². The van der Waals surface area contributed by atoms with E-state index in [0.29, 0.717) is 23.1 Å². The second-order valence-corrected chi connectivity index (χ2v) is 7.38. The van der Waals surface area contributed by atoms with Crippen LogP contribution in [0.3, 0.4) is 0 Å². The summed E-state index contributed by atoms with van der Waals surface area (Å²) in [4.78, 5) is 14.7. The highest BCUT2D eigenvalue weighted by molar-refractivity contribution is 7.80. The fraction of sp³-hybridized carbons (Fsp3) is 0.316. The molecular formula is C19H20ClFN4O3S. The summed E-state index contributed by atoms with van der Waals surface area (Å²) in [7, 11) is 1.45. The maximum Gasteiger partial charge on any atom is 0.273 e. The molecule has 3 rings (SSSR count). The van der Waals surface area contributed by atoms with Gasteiger partial charge in [-0.1, -0.05) is 17.7 Å². The largest absolute Gasteiger partial charge is 0.494 e. The van der Waals surface area contributed by atoms with Crippen LogP contribution in [0.15, 0.2) is 36.4 Å². The number of nitro benzene ring substituents is 1. The number of nitro groups is 1. The van der Waals surface area contributed by atoms with Gasteiger partial charge in [-0.25, -0.2) is 4.39 Å². The molecule has 0 unspecified atom stereocenters. The molecule has 0 spiro atoms. The van der Waals surface area contributed by atoms with E-state index in [1.807, 2.05) is 4.90 Å². The second-order valence-electron chi connectivity index (χ2n) is 6.58. The van der Waals surface area contributed by atoms with Crippen LogP contribution in [-0.2, 0) is 6.54 Å². The third-order valence-electron chi connectivity index (χ3n) is 4.69. The first kappa shape index (κ1) is 21.2.